The van der Waals surface area contributed by atoms with Gasteiger partial charge in [0.15, 0.2) is 0 Å². The molecule has 1 rings (SSSR count). The van der Waals surface area contributed by atoms with Crippen LogP contribution >= 0.6 is 0 Å². The van der Waals surface area contributed by atoms with Crippen LogP contribution in [0.25, 0.3) is 0 Å². The van der Waals surface area contributed by atoms with E-state index in [9.17, 15) is 0 Å². The number of hydrogen-bond donors (Lipinski definition) is 1. The maximum absolute atomic E-state index is 5.53. The van der Waals surface area contributed by atoms with Crippen molar-refractivity contribution in [3.8, 4) is 0 Å². The van der Waals surface area contributed by atoms with Crippen LogP contribution in [0.15, 0.2) is 0 Å². The number of rotatable bonds is 1. The zero-order valence-electron chi connectivity index (χ0n) is 6.18. The van der Waals surface area contributed by atoms with Crippen molar-refractivity contribution in [2.45, 2.75) is 25.9 Å². The predicted molar refractivity (Wildman–Crippen MR) is 37.2 cm³/mol. The molecule has 1 saturated heterocycles. The summed E-state index contributed by atoms with van der Waals surface area (Å²) in [7, 11) is 0. The highest BCUT2D eigenvalue weighted by Crippen LogP contribution is 2.29. The Bertz CT molecular complexity index is 101. The van der Waals surface area contributed by atoms with Crippen LogP contribution in [0, 0.1) is 5.92 Å². The first kappa shape index (κ1) is 7.03. The molecule has 1 aliphatic rings. The van der Waals surface area contributed by atoms with Gasteiger partial charge in [0, 0.05) is 12.5 Å². The third-order valence-corrected chi connectivity index (χ3v) is 2.21. The molecule has 1 fully saturated rings. The van der Waals surface area contributed by atoms with Crippen molar-refractivity contribution in [2.24, 2.45) is 11.7 Å². The smallest absolute Gasteiger partial charge is 0.0667 e. The molecule has 0 bridgehead atoms. The van der Waals surface area contributed by atoms with Crippen LogP contribution in [0.1, 0.15) is 20.3 Å². The zero-order chi connectivity index (χ0) is 6.91. The van der Waals surface area contributed by atoms with E-state index in [1.807, 2.05) is 0 Å². The first-order valence-electron chi connectivity index (χ1n) is 3.51. The van der Waals surface area contributed by atoms with Crippen LogP contribution < -0.4 is 5.73 Å². The molecule has 0 unspecified atom stereocenters. The molecule has 0 radical (unpaired) electrons. The lowest BCUT2D eigenvalue weighted by atomic mass is 9.91. The summed E-state index contributed by atoms with van der Waals surface area (Å²) < 4.78 is 5.46. The van der Waals surface area contributed by atoms with E-state index < -0.39 is 0 Å². The summed E-state index contributed by atoms with van der Waals surface area (Å²) in [4.78, 5) is 0. The van der Waals surface area contributed by atoms with E-state index in [1.165, 1.54) is 0 Å². The lowest BCUT2D eigenvalue weighted by Gasteiger charge is -2.23. The van der Waals surface area contributed by atoms with E-state index in [0.717, 1.165) is 19.6 Å². The fourth-order valence-corrected chi connectivity index (χ4v) is 1.33. The Morgan fingerprint density at radius 1 is 1.67 bits per heavy atom. The standard InChI is InChI=1S/C7H15NO/c1-7(2)6(5-8)3-4-9-7/h6H,3-5,8H2,1-2H3/t6-/m1/s1. The minimum Gasteiger partial charge on any atom is -0.375 e. The number of hydrogen-bond acceptors (Lipinski definition) is 2. The highest BCUT2D eigenvalue weighted by Gasteiger charge is 2.34. The Morgan fingerprint density at radius 3 is 2.56 bits per heavy atom. The summed E-state index contributed by atoms with van der Waals surface area (Å²) in [5.74, 6) is 0.567. The summed E-state index contributed by atoms with van der Waals surface area (Å²) >= 11 is 0. The maximum atomic E-state index is 5.53. The van der Waals surface area contributed by atoms with E-state index in [-0.39, 0.29) is 5.60 Å². The molecule has 0 aromatic heterocycles. The van der Waals surface area contributed by atoms with Crippen molar-refractivity contribution < 1.29 is 4.74 Å². The van der Waals surface area contributed by atoms with Gasteiger partial charge in [0.1, 0.15) is 0 Å². The maximum Gasteiger partial charge on any atom is 0.0667 e. The lowest BCUT2D eigenvalue weighted by molar-refractivity contribution is 0.0132. The molecule has 2 N–H and O–H groups in total. The molecule has 0 saturated carbocycles. The summed E-state index contributed by atoms with van der Waals surface area (Å²) in [5, 5.41) is 0. The predicted octanol–water partition coefficient (Wildman–Crippen LogP) is 0.760. The SMILES string of the molecule is CC1(C)OCC[C@@H]1CN. The van der Waals surface area contributed by atoms with Crippen LogP contribution in [0.3, 0.4) is 0 Å². The van der Waals surface area contributed by atoms with Crippen molar-refractivity contribution in [1.29, 1.82) is 0 Å². The molecule has 2 nitrogen and oxygen atoms in total. The molecule has 0 spiro atoms. The van der Waals surface area contributed by atoms with Gasteiger partial charge in [0.25, 0.3) is 0 Å². The Morgan fingerprint density at radius 2 is 2.33 bits per heavy atom. The van der Waals surface area contributed by atoms with Crippen molar-refractivity contribution in [3.05, 3.63) is 0 Å². The van der Waals surface area contributed by atoms with Gasteiger partial charge in [-0.05, 0) is 26.8 Å². The van der Waals surface area contributed by atoms with Gasteiger partial charge < -0.3 is 10.5 Å². The third kappa shape index (κ3) is 1.25. The van der Waals surface area contributed by atoms with E-state index in [0.29, 0.717) is 5.92 Å². The van der Waals surface area contributed by atoms with Gasteiger partial charge >= 0.3 is 0 Å². The van der Waals surface area contributed by atoms with Crippen molar-refractivity contribution in [1.82, 2.24) is 0 Å². The summed E-state index contributed by atoms with van der Waals surface area (Å²) in [6.07, 6.45) is 1.13. The van der Waals surface area contributed by atoms with Crippen molar-refractivity contribution >= 4 is 0 Å². The molecule has 1 atom stereocenters. The summed E-state index contributed by atoms with van der Waals surface area (Å²) in [5.41, 5.74) is 5.57. The fraction of sp³-hybridized carbons (Fsp3) is 1.00. The third-order valence-electron chi connectivity index (χ3n) is 2.21. The zero-order valence-corrected chi connectivity index (χ0v) is 6.18. The minimum absolute atomic E-state index is 0.0365. The largest absolute Gasteiger partial charge is 0.375 e. The first-order chi connectivity index (χ1) is 4.17. The normalized spacial score (nSPS) is 33.0. The highest BCUT2D eigenvalue weighted by molar-refractivity contribution is 4.84. The van der Waals surface area contributed by atoms with Crippen molar-refractivity contribution in [2.75, 3.05) is 13.2 Å². The molecule has 54 valence electrons. The molecule has 0 aromatic carbocycles. The van der Waals surface area contributed by atoms with E-state index in [4.69, 9.17) is 10.5 Å². The quantitative estimate of drug-likeness (QED) is 0.567. The molecule has 1 heterocycles. The second-order valence-electron chi connectivity index (χ2n) is 3.17. The minimum atomic E-state index is 0.0365. The topological polar surface area (TPSA) is 35.2 Å². The van der Waals surface area contributed by atoms with Crippen molar-refractivity contribution in [3.63, 3.8) is 0 Å². The van der Waals surface area contributed by atoms with Gasteiger partial charge in [0.2, 0.25) is 0 Å². The molecule has 9 heavy (non-hydrogen) atoms. The average Bonchev–Trinajstić information content (AvgIpc) is 2.08. The summed E-state index contributed by atoms with van der Waals surface area (Å²) in [6.45, 7) is 5.86. The van der Waals surface area contributed by atoms with Crippen LogP contribution in [0.4, 0.5) is 0 Å². The first-order valence-corrected chi connectivity index (χ1v) is 3.51. The Labute approximate surface area is 56.4 Å². The second-order valence-corrected chi connectivity index (χ2v) is 3.17. The van der Waals surface area contributed by atoms with Gasteiger partial charge in [-0.1, -0.05) is 0 Å². The van der Waals surface area contributed by atoms with Crippen LogP contribution in [-0.2, 0) is 4.74 Å². The Balaban J connectivity index is 2.52. The monoisotopic (exact) mass is 129 g/mol. The average molecular weight is 129 g/mol. The Hall–Kier alpha value is -0.0800. The van der Waals surface area contributed by atoms with E-state index >= 15 is 0 Å². The van der Waals surface area contributed by atoms with Gasteiger partial charge in [-0.3, -0.25) is 0 Å². The van der Waals surface area contributed by atoms with Gasteiger partial charge in [0.05, 0.1) is 5.60 Å². The van der Waals surface area contributed by atoms with Crippen LogP contribution in [0.5, 0.6) is 0 Å². The molecular weight excluding hydrogens is 114 g/mol. The lowest BCUT2D eigenvalue weighted by Crippen LogP contribution is -2.32. The Kier molecular flexibility index (Phi) is 1.78. The van der Waals surface area contributed by atoms with Gasteiger partial charge in [-0.25, -0.2) is 0 Å². The molecule has 0 aromatic rings. The highest BCUT2D eigenvalue weighted by atomic mass is 16.5. The second kappa shape index (κ2) is 2.27. The summed E-state index contributed by atoms with van der Waals surface area (Å²) in [6, 6.07) is 0. The molecule has 2 heteroatoms. The van der Waals surface area contributed by atoms with Crippen LogP contribution in [0.2, 0.25) is 0 Å². The van der Waals surface area contributed by atoms with Gasteiger partial charge in [-0.2, -0.15) is 0 Å². The fourth-order valence-electron chi connectivity index (χ4n) is 1.33. The van der Waals surface area contributed by atoms with Crippen LogP contribution in [-0.4, -0.2) is 18.8 Å². The number of ether oxygens (including phenoxy) is 1. The molecule has 0 aliphatic carbocycles. The van der Waals surface area contributed by atoms with Gasteiger partial charge in [-0.15, -0.1) is 0 Å². The molecule has 1 aliphatic heterocycles. The van der Waals surface area contributed by atoms with E-state index in [2.05, 4.69) is 13.8 Å². The molecule has 0 amide bonds. The number of nitrogens with two attached hydrogens (primary N) is 1. The molecular formula is C7H15NO. The van der Waals surface area contributed by atoms with E-state index in [1.54, 1.807) is 0 Å².